The summed E-state index contributed by atoms with van der Waals surface area (Å²) in [6.45, 7) is 17.8. The van der Waals surface area contributed by atoms with Crippen molar-refractivity contribution < 1.29 is 38.7 Å². The van der Waals surface area contributed by atoms with E-state index in [9.17, 15) is 29.2 Å². The van der Waals surface area contributed by atoms with Gasteiger partial charge in [0.25, 0.3) is 0 Å². The topological polar surface area (TPSA) is 178 Å². The lowest BCUT2D eigenvalue weighted by Gasteiger charge is -2.50. The van der Waals surface area contributed by atoms with Crippen molar-refractivity contribution in [3.05, 3.63) is 83.9 Å². The number of piperidine rings is 1. The summed E-state index contributed by atoms with van der Waals surface area (Å²) in [5.41, 5.74) is -0.277. The molecule has 5 amide bonds. The molecule has 0 spiro atoms. The number of carbonyl (C=O) groups is 5. The summed E-state index contributed by atoms with van der Waals surface area (Å²) in [5.74, 6) is -1.38. The second-order valence-electron chi connectivity index (χ2n) is 19.8. The molecule has 0 saturated carbocycles. The van der Waals surface area contributed by atoms with E-state index in [-0.39, 0.29) is 36.8 Å². The maximum absolute atomic E-state index is 14.6. The molecule has 14 nitrogen and oxygen atoms in total. The highest BCUT2D eigenvalue weighted by Crippen LogP contribution is 2.37. The summed E-state index contributed by atoms with van der Waals surface area (Å²) in [7, 11) is 0. The number of hydroxylamine groups is 2. The van der Waals surface area contributed by atoms with Crippen LogP contribution < -0.4 is 21.3 Å². The number of hydrogen-bond donors (Lipinski definition) is 4. The molecule has 2 fully saturated rings. The first-order valence-electron chi connectivity index (χ1n) is 22.7. The third kappa shape index (κ3) is 16.6. The van der Waals surface area contributed by atoms with Gasteiger partial charge in [0.2, 0.25) is 17.7 Å². The highest BCUT2D eigenvalue weighted by atomic mass is 16.6. The lowest BCUT2D eigenvalue weighted by Crippen LogP contribution is -2.63. The van der Waals surface area contributed by atoms with Crippen LogP contribution in [-0.2, 0) is 42.1 Å². The van der Waals surface area contributed by atoms with Crippen molar-refractivity contribution in [2.24, 2.45) is 11.8 Å². The molecule has 4 rings (SSSR count). The minimum atomic E-state index is -0.924. The molecule has 4 atom stereocenters. The molecule has 0 aliphatic carbocycles. The Labute approximate surface area is 375 Å². The molecule has 0 unspecified atom stereocenters. The average molecular weight is 874 g/mol. The number of likely N-dealkylation sites (tertiary alicyclic amines) is 1. The quantitative estimate of drug-likeness (QED) is 0.0834. The number of ether oxygens (including phenoxy) is 2. The standard InChI is InChI=1S/C49H73N6O8/c1-34(2)29-38(52-46(60)63-47(3,4)5)26-25-37(30-35-19-12-10-13-20-35)44(58)54-28-18-24-41(54)43(57)53-40(42(56)51-39-31-48(6,7)55(61)49(8,9)32-39)23-16-17-27-50-45(59)62-33-36-21-14-11-15-22-36/h10-15,19-22,25-26,34,37-41H,16-18,23-24,27-33H2,1-9H3,(H,50,59)(H,51,56)(H,52,60)(H,53,57)/b26-25+/t37-,38-,40+,41+/m1/s1. The number of alkyl carbamates (subject to hydrolysis) is 2. The molecule has 2 heterocycles. The lowest BCUT2D eigenvalue weighted by molar-refractivity contribution is -0.290. The minimum Gasteiger partial charge on any atom is -0.445 e. The minimum absolute atomic E-state index is 0.147. The molecular formula is C49H73N6O8. The van der Waals surface area contributed by atoms with Crippen LogP contribution in [0.25, 0.3) is 0 Å². The molecule has 14 heteroatoms. The van der Waals surface area contributed by atoms with Gasteiger partial charge in [-0.1, -0.05) is 86.7 Å². The van der Waals surface area contributed by atoms with Crippen LogP contribution in [-0.4, -0.2) is 93.8 Å². The van der Waals surface area contributed by atoms with Crippen molar-refractivity contribution >= 4 is 29.9 Å². The highest BCUT2D eigenvalue weighted by Gasteiger charge is 2.47. The fourth-order valence-electron chi connectivity index (χ4n) is 8.68. The first kappa shape index (κ1) is 50.7. The zero-order valence-corrected chi connectivity index (χ0v) is 39.0. The van der Waals surface area contributed by atoms with Crippen molar-refractivity contribution in [1.82, 2.24) is 31.2 Å². The molecular weight excluding hydrogens is 801 g/mol. The molecule has 0 bridgehead atoms. The molecule has 2 saturated heterocycles. The zero-order chi connectivity index (χ0) is 46.4. The van der Waals surface area contributed by atoms with Gasteiger partial charge in [-0.2, -0.15) is 0 Å². The van der Waals surface area contributed by atoms with Crippen LogP contribution in [0.5, 0.6) is 0 Å². The fraction of sp³-hybridized carbons (Fsp3) is 0.612. The van der Waals surface area contributed by atoms with Crippen molar-refractivity contribution in [3.63, 3.8) is 0 Å². The highest BCUT2D eigenvalue weighted by molar-refractivity contribution is 5.93. The number of rotatable bonds is 19. The van der Waals surface area contributed by atoms with E-state index >= 15 is 0 Å². The van der Waals surface area contributed by atoms with Gasteiger partial charge in [-0.3, -0.25) is 14.4 Å². The Morgan fingerprint density at radius 3 is 2.06 bits per heavy atom. The van der Waals surface area contributed by atoms with Gasteiger partial charge in [0.1, 0.15) is 24.3 Å². The monoisotopic (exact) mass is 874 g/mol. The molecule has 4 N–H and O–H groups in total. The number of nitrogens with one attached hydrogen (secondary N) is 4. The fourth-order valence-corrected chi connectivity index (χ4v) is 8.68. The van der Waals surface area contributed by atoms with Gasteiger partial charge in [-0.25, -0.2) is 9.59 Å². The number of nitrogens with zero attached hydrogens (tertiary/aromatic N) is 2. The van der Waals surface area contributed by atoms with Gasteiger partial charge in [0.05, 0.1) is 12.0 Å². The molecule has 347 valence electrons. The molecule has 1 radical (unpaired) electrons. The Morgan fingerprint density at radius 2 is 1.46 bits per heavy atom. The van der Waals surface area contributed by atoms with E-state index in [1.807, 2.05) is 101 Å². The molecule has 2 aromatic rings. The zero-order valence-electron chi connectivity index (χ0n) is 39.0. The predicted octanol–water partition coefficient (Wildman–Crippen LogP) is 7.40. The summed E-state index contributed by atoms with van der Waals surface area (Å²) in [4.78, 5) is 69.8. The molecule has 2 aromatic carbocycles. The number of amides is 5. The van der Waals surface area contributed by atoms with E-state index in [1.54, 1.807) is 25.7 Å². The Hall–Kier alpha value is -4.95. The molecule has 2 aliphatic rings. The van der Waals surface area contributed by atoms with Gasteiger partial charge in [0.15, 0.2) is 0 Å². The number of carbonyl (C=O) groups excluding carboxylic acids is 5. The summed E-state index contributed by atoms with van der Waals surface area (Å²) < 4.78 is 10.9. The second-order valence-corrected chi connectivity index (χ2v) is 19.8. The van der Waals surface area contributed by atoms with Crippen molar-refractivity contribution in [2.75, 3.05) is 13.1 Å². The lowest BCUT2D eigenvalue weighted by atomic mass is 9.79. The Kier molecular flexibility index (Phi) is 18.6. The second kappa shape index (κ2) is 23.1. The van der Waals surface area contributed by atoms with Crippen molar-refractivity contribution in [2.45, 2.75) is 168 Å². The third-order valence-corrected chi connectivity index (χ3v) is 11.4. The number of hydrogen-bond acceptors (Lipinski definition) is 8. The summed E-state index contributed by atoms with van der Waals surface area (Å²) in [6, 6.07) is 16.6. The first-order chi connectivity index (χ1) is 29.6. The van der Waals surface area contributed by atoms with E-state index < -0.39 is 58.8 Å². The van der Waals surface area contributed by atoms with Gasteiger partial charge in [-0.15, -0.1) is 10.3 Å². The predicted molar refractivity (Wildman–Crippen MR) is 242 cm³/mol. The Morgan fingerprint density at radius 1 is 0.841 bits per heavy atom. The largest absolute Gasteiger partial charge is 0.445 e. The summed E-state index contributed by atoms with van der Waals surface area (Å²) >= 11 is 0. The van der Waals surface area contributed by atoms with E-state index in [4.69, 9.17) is 9.47 Å². The normalized spacial score (nSPS) is 19.2. The Balaban J connectivity index is 1.49. The van der Waals surface area contributed by atoms with Crippen LogP contribution in [0.3, 0.4) is 0 Å². The average Bonchev–Trinajstić information content (AvgIpc) is 3.70. The molecule has 63 heavy (non-hydrogen) atoms. The maximum atomic E-state index is 14.6. The van der Waals surface area contributed by atoms with E-state index in [1.165, 1.54) is 0 Å². The van der Waals surface area contributed by atoms with E-state index in [0.29, 0.717) is 64.5 Å². The SMILES string of the molecule is CC(C)C[C@@H](/C=C/[C@H](Cc1ccccc1)C(=O)N1CCC[C@H]1C(=O)N[C@@H](CCCCNC(=O)OCc1ccccc1)C(=O)NC1CC(C)(C)N([O])C(C)(C)C1)NC(=O)OC(C)(C)C. The van der Waals surface area contributed by atoms with Crippen LogP contribution in [0.2, 0.25) is 0 Å². The number of unbranched alkanes of at least 4 members (excludes halogenated alkanes) is 1. The Bertz CT molecular complexity index is 1810. The first-order valence-corrected chi connectivity index (χ1v) is 22.7. The van der Waals surface area contributed by atoms with Crippen molar-refractivity contribution in [1.29, 1.82) is 0 Å². The van der Waals surface area contributed by atoms with Gasteiger partial charge in [-0.05, 0) is 123 Å². The summed E-state index contributed by atoms with van der Waals surface area (Å²) in [6.07, 6.45) is 6.85. The van der Waals surface area contributed by atoms with Crippen LogP contribution >= 0.6 is 0 Å². The number of benzene rings is 2. The molecule has 2 aliphatic heterocycles. The maximum Gasteiger partial charge on any atom is 0.408 e. The van der Waals surface area contributed by atoms with Crippen LogP contribution in [0.15, 0.2) is 72.8 Å². The summed E-state index contributed by atoms with van der Waals surface area (Å²) in [5, 5.41) is 26.1. The van der Waals surface area contributed by atoms with Gasteiger partial charge in [0, 0.05) is 30.2 Å². The van der Waals surface area contributed by atoms with Gasteiger partial charge < -0.3 is 35.6 Å². The van der Waals surface area contributed by atoms with E-state index in [0.717, 1.165) is 16.2 Å². The third-order valence-electron chi connectivity index (χ3n) is 11.4. The van der Waals surface area contributed by atoms with Crippen LogP contribution in [0.4, 0.5) is 9.59 Å². The van der Waals surface area contributed by atoms with Gasteiger partial charge >= 0.3 is 12.2 Å². The van der Waals surface area contributed by atoms with Crippen LogP contribution in [0, 0.1) is 11.8 Å². The van der Waals surface area contributed by atoms with Crippen LogP contribution in [0.1, 0.15) is 125 Å². The van der Waals surface area contributed by atoms with Crippen molar-refractivity contribution in [3.8, 4) is 0 Å². The smallest absolute Gasteiger partial charge is 0.408 e. The van der Waals surface area contributed by atoms with E-state index in [2.05, 4.69) is 35.1 Å². The molecule has 0 aromatic heterocycles.